The van der Waals surface area contributed by atoms with Crippen molar-refractivity contribution >= 4 is 16.8 Å². The van der Waals surface area contributed by atoms with E-state index in [0.29, 0.717) is 5.75 Å². The van der Waals surface area contributed by atoms with E-state index in [0.717, 1.165) is 19.3 Å². The van der Waals surface area contributed by atoms with E-state index in [9.17, 15) is 9.00 Å². The SMILES string of the molecule is COC(=O)C1CS(=O)C2CCCCCCC2N1. The quantitative estimate of drug-likeness (QED) is 0.713. The van der Waals surface area contributed by atoms with Gasteiger partial charge in [-0.15, -0.1) is 0 Å². The zero-order chi connectivity index (χ0) is 12.3. The van der Waals surface area contributed by atoms with Crippen molar-refractivity contribution in [2.75, 3.05) is 12.9 Å². The van der Waals surface area contributed by atoms with Crippen LogP contribution in [0.15, 0.2) is 0 Å². The topological polar surface area (TPSA) is 55.4 Å². The summed E-state index contributed by atoms with van der Waals surface area (Å²) in [4.78, 5) is 11.5. The summed E-state index contributed by atoms with van der Waals surface area (Å²) in [5.74, 6) is 0.132. The molecule has 2 rings (SSSR count). The second-order valence-corrected chi connectivity index (χ2v) is 6.63. The zero-order valence-electron chi connectivity index (χ0n) is 10.3. The van der Waals surface area contributed by atoms with E-state index < -0.39 is 10.8 Å². The normalized spacial score (nSPS) is 38.6. The Morgan fingerprint density at radius 3 is 2.65 bits per heavy atom. The number of hydrogen-bond acceptors (Lipinski definition) is 4. The summed E-state index contributed by atoms with van der Waals surface area (Å²) in [5, 5.41) is 3.57. The molecule has 0 spiro atoms. The molecule has 0 aromatic heterocycles. The molecule has 0 radical (unpaired) electrons. The molecule has 0 aromatic carbocycles. The average Bonchev–Trinajstić information content (AvgIpc) is 2.29. The maximum absolute atomic E-state index is 12.2. The van der Waals surface area contributed by atoms with Crippen molar-refractivity contribution < 1.29 is 13.7 Å². The lowest BCUT2D eigenvalue weighted by Gasteiger charge is -2.37. The van der Waals surface area contributed by atoms with Gasteiger partial charge in [-0.1, -0.05) is 25.7 Å². The third-order valence-corrected chi connectivity index (χ3v) is 5.67. The van der Waals surface area contributed by atoms with Gasteiger partial charge in [0.2, 0.25) is 0 Å². The first kappa shape index (κ1) is 13.0. The number of carbonyl (C=O) groups is 1. The predicted molar refractivity (Wildman–Crippen MR) is 67.2 cm³/mol. The number of methoxy groups -OCH3 is 1. The molecule has 5 heteroatoms. The largest absolute Gasteiger partial charge is 0.468 e. The van der Waals surface area contributed by atoms with E-state index in [1.165, 1.54) is 26.4 Å². The minimum absolute atomic E-state index is 0.231. The van der Waals surface area contributed by atoms with E-state index in [-0.39, 0.29) is 23.3 Å². The van der Waals surface area contributed by atoms with Crippen LogP contribution in [0.4, 0.5) is 0 Å². The summed E-state index contributed by atoms with van der Waals surface area (Å²) in [5.41, 5.74) is 0. The minimum Gasteiger partial charge on any atom is -0.468 e. The smallest absolute Gasteiger partial charge is 0.323 e. The molecule has 0 aromatic rings. The van der Waals surface area contributed by atoms with Crippen LogP contribution >= 0.6 is 0 Å². The number of carbonyl (C=O) groups excluding carboxylic acids is 1. The van der Waals surface area contributed by atoms with Crippen LogP contribution in [0.2, 0.25) is 0 Å². The Hall–Kier alpha value is -0.420. The second-order valence-electron chi connectivity index (χ2n) is 4.93. The molecule has 4 atom stereocenters. The maximum Gasteiger partial charge on any atom is 0.323 e. The van der Waals surface area contributed by atoms with E-state index in [2.05, 4.69) is 5.32 Å². The first-order valence-electron chi connectivity index (χ1n) is 6.43. The molecular weight excluding hydrogens is 238 g/mol. The van der Waals surface area contributed by atoms with Crippen molar-refractivity contribution in [3.63, 3.8) is 0 Å². The Kier molecular flexibility index (Phi) is 4.56. The minimum atomic E-state index is -0.891. The highest BCUT2D eigenvalue weighted by Crippen LogP contribution is 2.25. The molecule has 1 aliphatic heterocycles. The van der Waals surface area contributed by atoms with Crippen LogP contribution in [0.5, 0.6) is 0 Å². The monoisotopic (exact) mass is 259 g/mol. The highest BCUT2D eigenvalue weighted by Gasteiger charge is 2.38. The van der Waals surface area contributed by atoms with Crippen molar-refractivity contribution in [3.8, 4) is 0 Å². The van der Waals surface area contributed by atoms with Crippen molar-refractivity contribution in [1.29, 1.82) is 0 Å². The van der Waals surface area contributed by atoms with Crippen LogP contribution in [0.3, 0.4) is 0 Å². The molecule has 1 aliphatic carbocycles. The predicted octanol–water partition coefficient (Wildman–Crippen LogP) is 0.971. The Bertz CT molecular complexity index is 308. The Labute approximate surface area is 105 Å². The van der Waals surface area contributed by atoms with Crippen molar-refractivity contribution in [2.45, 2.75) is 55.9 Å². The molecule has 17 heavy (non-hydrogen) atoms. The van der Waals surface area contributed by atoms with Gasteiger partial charge >= 0.3 is 5.97 Å². The Morgan fingerprint density at radius 1 is 1.24 bits per heavy atom. The summed E-state index contributed by atoms with van der Waals surface area (Å²) in [7, 11) is 0.495. The van der Waals surface area contributed by atoms with Gasteiger partial charge < -0.3 is 4.74 Å². The van der Waals surface area contributed by atoms with Crippen LogP contribution < -0.4 is 5.32 Å². The molecule has 1 saturated heterocycles. The van der Waals surface area contributed by atoms with Gasteiger partial charge in [-0.05, 0) is 12.8 Å². The second kappa shape index (κ2) is 5.96. The number of ether oxygens (including phenoxy) is 1. The number of hydrogen-bond donors (Lipinski definition) is 1. The lowest BCUT2D eigenvalue weighted by atomic mass is 9.95. The number of esters is 1. The molecular formula is C12H21NO3S. The molecule has 0 amide bonds. The zero-order valence-corrected chi connectivity index (χ0v) is 11.1. The third kappa shape index (κ3) is 3.07. The summed E-state index contributed by atoms with van der Waals surface area (Å²) in [6, 6.07) is -0.143. The average molecular weight is 259 g/mol. The molecule has 1 N–H and O–H groups in total. The molecule has 2 aliphatic rings. The van der Waals surface area contributed by atoms with Crippen LogP contribution in [0.1, 0.15) is 38.5 Å². The molecule has 98 valence electrons. The van der Waals surface area contributed by atoms with Gasteiger partial charge in [-0.2, -0.15) is 0 Å². The lowest BCUT2D eigenvalue weighted by molar-refractivity contribution is -0.142. The summed E-state index contributed by atoms with van der Waals surface area (Å²) >= 11 is 0. The lowest BCUT2D eigenvalue weighted by Crippen LogP contribution is -2.58. The fourth-order valence-corrected chi connectivity index (χ4v) is 4.65. The van der Waals surface area contributed by atoms with Gasteiger partial charge in [0, 0.05) is 22.6 Å². The number of rotatable bonds is 1. The molecule has 2 fully saturated rings. The van der Waals surface area contributed by atoms with Gasteiger partial charge in [0.25, 0.3) is 0 Å². The summed E-state index contributed by atoms with van der Waals surface area (Å²) in [6.07, 6.45) is 6.89. The fraction of sp³-hybridized carbons (Fsp3) is 0.917. The van der Waals surface area contributed by atoms with E-state index in [1.54, 1.807) is 0 Å². The Balaban J connectivity index is 2.04. The van der Waals surface area contributed by atoms with Gasteiger partial charge in [0.05, 0.1) is 12.4 Å². The highest BCUT2D eigenvalue weighted by molar-refractivity contribution is 7.85. The van der Waals surface area contributed by atoms with Gasteiger partial charge in [-0.25, -0.2) is 0 Å². The fourth-order valence-electron chi connectivity index (χ4n) is 2.83. The number of fused-ring (bicyclic) bond motifs is 1. The van der Waals surface area contributed by atoms with Crippen molar-refractivity contribution in [1.82, 2.24) is 5.32 Å². The van der Waals surface area contributed by atoms with Gasteiger partial charge in [0.15, 0.2) is 0 Å². The standard InChI is InChI=1S/C12H21NO3S/c1-16-12(14)10-8-17(15)11-7-5-3-2-4-6-9(11)13-10/h9-11,13H,2-8H2,1H3. The van der Waals surface area contributed by atoms with E-state index in [1.807, 2.05) is 0 Å². The summed E-state index contributed by atoms with van der Waals surface area (Å²) < 4.78 is 16.9. The van der Waals surface area contributed by atoms with Crippen molar-refractivity contribution in [3.05, 3.63) is 0 Å². The number of nitrogens with one attached hydrogen (secondary N) is 1. The van der Waals surface area contributed by atoms with Crippen LogP contribution in [0.25, 0.3) is 0 Å². The first-order chi connectivity index (χ1) is 8.22. The molecule has 1 heterocycles. The van der Waals surface area contributed by atoms with E-state index in [4.69, 9.17) is 4.74 Å². The molecule has 4 nitrogen and oxygen atoms in total. The molecule has 0 bridgehead atoms. The van der Waals surface area contributed by atoms with Gasteiger partial charge in [0.1, 0.15) is 6.04 Å². The summed E-state index contributed by atoms with van der Waals surface area (Å²) in [6.45, 7) is 0. The first-order valence-corrected chi connectivity index (χ1v) is 7.81. The molecule has 1 saturated carbocycles. The molecule has 4 unspecified atom stereocenters. The van der Waals surface area contributed by atoms with Gasteiger partial charge in [-0.3, -0.25) is 14.3 Å². The maximum atomic E-state index is 12.2. The third-order valence-electron chi connectivity index (χ3n) is 3.77. The highest BCUT2D eigenvalue weighted by atomic mass is 32.2. The Morgan fingerprint density at radius 2 is 1.94 bits per heavy atom. The van der Waals surface area contributed by atoms with Crippen LogP contribution in [0, 0.1) is 0 Å². The van der Waals surface area contributed by atoms with Crippen LogP contribution in [-0.4, -0.2) is 40.4 Å². The van der Waals surface area contributed by atoms with Crippen LogP contribution in [-0.2, 0) is 20.3 Å². The van der Waals surface area contributed by atoms with Crippen molar-refractivity contribution in [2.24, 2.45) is 0 Å². The van der Waals surface area contributed by atoms with E-state index >= 15 is 0 Å².